The van der Waals surface area contributed by atoms with Crippen LogP contribution in [0, 0.1) is 13.8 Å². The van der Waals surface area contributed by atoms with Crippen LogP contribution in [0.2, 0.25) is 0 Å². The van der Waals surface area contributed by atoms with Crippen LogP contribution in [-0.4, -0.2) is 93.7 Å². The Kier molecular flexibility index (Phi) is 8.86. The number of amidine groups is 1. The van der Waals surface area contributed by atoms with Gasteiger partial charge >= 0.3 is 6.36 Å². The van der Waals surface area contributed by atoms with Gasteiger partial charge < -0.3 is 19.4 Å². The van der Waals surface area contributed by atoms with Gasteiger partial charge in [0, 0.05) is 49.9 Å². The highest BCUT2D eigenvalue weighted by Gasteiger charge is 2.41. The average Bonchev–Trinajstić information content (AvgIpc) is 2.89. The van der Waals surface area contributed by atoms with E-state index in [1.807, 2.05) is 25.7 Å². The molecule has 0 bridgehead atoms. The predicted octanol–water partition coefficient (Wildman–Crippen LogP) is 4.39. The minimum atomic E-state index is -4.75. The molecule has 1 unspecified atom stereocenters. The number of carbonyl (C=O) groups is 1. The molecular weight excluding hydrogens is 525 g/mol. The van der Waals surface area contributed by atoms with Crippen molar-refractivity contribution in [3.8, 4) is 5.75 Å². The smallest absolute Gasteiger partial charge is 0.406 e. The number of nitrogens with zero attached hydrogens (tertiary/aromatic N) is 6. The van der Waals surface area contributed by atoms with E-state index in [4.69, 9.17) is 4.84 Å². The topological polar surface area (TPSA) is 83.4 Å². The Bertz CT molecular complexity index is 1190. The first-order valence-corrected chi connectivity index (χ1v) is 13.6. The fourth-order valence-electron chi connectivity index (χ4n) is 5.53. The number of benzene rings is 1. The Morgan fingerprint density at radius 3 is 2.25 bits per heavy atom. The predicted molar refractivity (Wildman–Crippen MR) is 144 cm³/mol. The first kappa shape index (κ1) is 29.6. The largest absolute Gasteiger partial charge is 0.573 e. The monoisotopic (exact) mass is 562 g/mol. The number of hydrogen-bond donors (Lipinski definition) is 0. The fraction of sp³-hybridized carbons (Fsp3) is 0.571. The minimum Gasteiger partial charge on any atom is -0.406 e. The molecule has 1 amide bonds. The molecule has 0 N–H and O–H groups in total. The summed E-state index contributed by atoms with van der Waals surface area (Å²) in [5, 5.41) is 4.32. The Morgan fingerprint density at radius 2 is 1.70 bits per heavy atom. The normalized spacial score (nSPS) is 20.4. The molecule has 4 rings (SSSR count). The van der Waals surface area contributed by atoms with E-state index in [0.29, 0.717) is 54.6 Å². The highest BCUT2D eigenvalue weighted by Crippen LogP contribution is 2.32. The van der Waals surface area contributed by atoms with Crippen LogP contribution in [-0.2, 0) is 4.84 Å². The Labute approximate surface area is 232 Å². The van der Waals surface area contributed by atoms with E-state index >= 15 is 0 Å². The van der Waals surface area contributed by atoms with E-state index < -0.39 is 6.36 Å². The maximum atomic E-state index is 13.2. The maximum absolute atomic E-state index is 13.2. The highest BCUT2D eigenvalue weighted by molar-refractivity contribution is 5.99. The SMILES string of the molecule is CCON=C(c1ccc(OC(F)(F)F)cc1)N1CCN(C2(C)CCN(C(=O)c3c(C)ncnc3C)CC2)CC1C. The van der Waals surface area contributed by atoms with E-state index in [0.717, 1.165) is 25.9 Å². The number of alkyl halides is 3. The van der Waals surface area contributed by atoms with Gasteiger partial charge in [0.1, 0.15) is 18.7 Å². The summed E-state index contributed by atoms with van der Waals surface area (Å²) in [5.74, 6) is 0.279. The van der Waals surface area contributed by atoms with Crippen molar-refractivity contribution in [3.05, 3.63) is 53.1 Å². The summed E-state index contributed by atoms with van der Waals surface area (Å²) in [5.41, 5.74) is 2.57. The van der Waals surface area contributed by atoms with E-state index in [1.165, 1.54) is 18.5 Å². The van der Waals surface area contributed by atoms with Crippen molar-refractivity contribution in [1.29, 1.82) is 0 Å². The van der Waals surface area contributed by atoms with E-state index in [1.54, 1.807) is 12.1 Å². The molecule has 2 saturated heterocycles. The zero-order chi connectivity index (χ0) is 29.1. The lowest BCUT2D eigenvalue weighted by Crippen LogP contribution is -2.63. The van der Waals surface area contributed by atoms with Gasteiger partial charge in [0.25, 0.3) is 5.91 Å². The fourth-order valence-corrected chi connectivity index (χ4v) is 5.53. The maximum Gasteiger partial charge on any atom is 0.573 e. The van der Waals surface area contributed by atoms with Gasteiger partial charge in [0.2, 0.25) is 0 Å². The van der Waals surface area contributed by atoms with Gasteiger partial charge in [-0.2, -0.15) is 0 Å². The molecule has 0 radical (unpaired) electrons. The van der Waals surface area contributed by atoms with Crippen molar-refractivity contribution < 1.29 is 27.5 Å². The molecule has 2 fully saturated rings. The molecule has 1 atom stereocenters. The van der Waals surface area contributed by atoms with Crippen molar-refractivity contribution in [2.45, 2.75) is 65.4 Å². The molecule has 2 aliphatic rings. The van der Waals surface area contributed by atoms with Crippen molar-refractivity contribution in [1.82, 2.24) is 24.7 Å². The van der Waals surface area contributed by atoms with Crippen LogP contribution in [0.4, 0.5) is 13.2 Å². The Hall–Kier alpha value is -3.41. The molecule has 0 aliphatic carbocycles. The van der Waals surface area contributed by atoms with Gasteiger partial charge in [-0.05, 0) is 71.7 Å². The third-order valence-corrected chi connectivity index (χ3v) is 7.86. The van der Waals surface area contributed by atoms with Crippen molar-refractivity contribution >= 4 is 11.7 Å². The molecule has 0 saturated carbocycles. The molecule has 12 heteroatoms. The quantitative estimate of drug-likeness (QED) is 0.293. The third kappa shape index (κ3) is 6.65. The van der Waals surface area contributed by atoms with E-state index in [-0.39, 0.29) is 23.2 Å². The number of rotatable bonds is 6. The lowest BCUT2D eigenvalue weighted by atomic mass is 9.86. The second-order valence-corrected chi connectivity index (χ2v) is 10.6. The summed E-state index contributed by atoms with van der Waals surface area (Å²) in [6.45, 7) is 13.8. The number of aromatic nitrogens is 2. The minimum absolute atomic E-state index is 0.0146. The van der Waals surface area contributed by atoms with E-state index in [9.17, 15) is 18.0 Å². The molecule has 1 aromatic heterocycles. The van der Waals surface area contributed by atoms with Crippen LogP contribution in [0.15, 0.2) is 35.7 Å². The molecule has 9 nitrogen and oxygen atoms in total. The zero-order valence-electron chi connectivity index (χ0n) is 23.7. The second-order valence-electron chi connectivity index (χ2n) is 10.6. The number of piperazine rings is 1. The van der Waals surface area contributed by atoms with Crippen molar-refractivity contribution in [2.75, 3.05) is 39.3 Å². The zero-order valence-corrected chi connectivity index (χ0v) is 23.7. The van der Waals surface area contributed by atoms with Crippen LogP contribution in [0.5, 0.6) is 5.75 Å². The number of amides is 1. The van der Waals surface area contributed by atoms with Gasteiger partial charge in [0.05, 0.1) is 17.0 Å². The number of aryl methyl sites for hydroxylation is 2. The van der Waals surface area contributed by atoms with Crippen LogP contribution < -0.4 is 4.74 Å². The van der Waals surface area contributed by atoms with Gasteiger partial charge in [-0.1, -0.05) is 5.16 Å². The van der Waals surface area contributed by atoms with Crippen LogP contribution in [0.1, 0.15) is 60.9 Å². The van der Waals surface area contributed by atoms with Gasteiger partial charge in [0.15, 0.2) is 5.84 Å². The molecule has 1 aromatic carbocycles. The van der Waals surface area contributed by atoms with E-state index in [2.05, 4.69) is 43.5 Å². The summed E-state index contributed by atoms with van der Waals surface area (Å²) in [6.07, 6.45) is -1.57. The summed E-state index contributed by atoms with van der Waals surface area (Å²) < 4.78 is 41.8. The number of hydrogen-bond acceptors (Lipinski definition) is 7. The number of ether oxygens (including phenoxy) is 1. The third-order valence-electron chi connectivity index (χ3n) is 7.86. The summed E-state index contributed by atoms with van der Waals surface area (Å²) in [7, 11) is 0. The Morgan fingerprint density at radius 1 is 1.07 bits per heavy atom. The number of oxime groups is 1. The first-order chi connectivity index (χ1) is 18.9. The number of carbonyl (C=O) groups excluding carboxylic acids is 1. The van der Waals surface area contributed by atoms with Gasteiger partial charge in [-0.3, -0.25) is 9.69 Å². The Balaban J connectivity index is 1.41. The van der Waals surface area contributed by atoms with Crippen LogP contribution >= 0.6 is 0 Å². The molecule has 2 aromatic rings. The standard InChI is InChI=1S/C28H37F3N6O3/c1-6-39-34-25(22-7-9-23(10-8-22)40-28(29,30)31)37-16-15-36(17-19(37)2)27(5)11-13-35(14-12-27)26(38)24-20(3)32-18-33-21(24)4/h7-10,18-19H,6,11-17H2,1-5H3. The van der Waals surface area contributed by atoms with Crippen molar-refractivity contribution in [3.63, 3.8) is 0 Å². The first-order valence-electron chi connectivity index (χ1n) is 13.6. The van der Waals surface area contributed by atoms with Crippen LogP contribution in [0.3, 0.4) is 0 Å². The molecule has 0 spiro atoms. The second kappa shape index (κ2) is 12.0. The number of halogens is 3. The molecule has 218 valence electrons. The van der Waals surface area contributed by atoms with Gasteiger partial charge in [-0.15, -0.1) is 13.2 Å². The van der Waals surface area contributed by atoms with Crippen LogP contribution in [0.25, 0.3) is 0 Å². The highest BCUT2D eigenvalue weighted by atomic mass is 19.4. The summed E-state index contributed by atoms with van der Waals surface area (Å²) in [4.78, 5) is 33.6. The molecule has 3 heterocycles. The number of likely N-dealkylation sites (tertiary alicyclic amines) is 1. The van der Waals surface area contributed by atoms with Gasteiger partial charge in [-0.25, -0.2) is 9.97 Å². The molecular formula is C28H37F3N6O3. The lowest BCUT2D eigenvalue weighted by molar-refractivity contribution is -0.274. The summed E-state index contributed by atoms with van der Waals surface area (Å²) in [6, 6.07) is 5.76. The lowest BCUT2D eigenvalue weighted by Gasteiger charge is -2.52. The average molecular weight is 563 g/mol. The van der Waals surface area contributed by atoms with Crippen molar-refractivity contribution in [2.24, 2.45) is 5.16 Å². The number of piperidine rings is 1. The molecule has 40 heavy (non-hydrogen) atoms. The molecule has 2 aliphatic heterocycles. The summed E-state index contributed by atoms with van der Waals surface area (Å²) >= 11 is 0.